The van der Waals surface area contributed by atoms with Gasteiger partial charge in [0.2, 0.25) is 5.95 Å². The Morgan fingerprint density at radius 3 is 2.40 bits per heavy atom. The summed E-state index contributed by atoms with van der Waals surface area (Å²) >= 11 is 0. The summed E-state index contributed by atoms with van der Waals surface area (Å²) in [7, 11) is 0. The highest BCUT2D eigenvalue weighted by Gasteiger charge is 2.06. The van der Waals surface area contributed by atoms with E-state index in [1.54, 1.807) is 6.20 Å². The molecule has 5 nitrogen and oxygen atoms in total. The molecule has 5 heteroatoms. The molecule has 0 bridgehead atoms. The van der Waals surface area contributed by atoms with Gasteiger partial charge in [-0.1, -0.05) is 38.1 Å². The van der Waals surface area contributed by atoms with Crippen LogP contribution in [0.25, 0.3) is 0 Å². The molecule has 25 heavy (non-hydrogen) atoms. The molecule has 0 spiro atoms. The minimum Gasteiger partial charge on any atom is -0.339 e. The number of anilines is 4. The van der Waals surface area contributed by atoms with Crippen LogP contribution in [-0.4, -0.2) is 15.2 Å². The first kappa shape index (κ1) is 16.9. The lowest BCUT2D eigenvalue weighted by Gasteiger charge is -2.11. The zero-order chi connectivity index (χ0) is 17.8. The summed E-state index contributed by atoms with van der Waals surface area (Å²) < 4.78 is 0. The van der Waals surface area contributed by atoms with Crippen molar-refractivity contribution in [2.75, 3.05) is 10.6 Å². The monoisotopic (exact) mass is 333 g/mol. The van der Waals surface area contributed by atoms with E-state index in [0.29, 0.717) is 17.7 Å². The summed E-state index contributed by atoms with van der Waals surface area (Å²) in [5, 5.41) is 14.6. The molecule has 3 aromatic rings. The summed E-state index contributed by atoms with van der Waals surface area (Å²) in [5.74, 6) is 1.64. The average molecular weight is 333 g/mol. The van der Waals surface area contributed by atoms with Gasteiger partial charge in [-0.2, -0.15) is 10.1 Å². The highest BCUT2D eigenvalue weighted by molar-refractivity contribution is 5.62. The zero-order valence-corrected chi connectivity index (χ0v) is 15.0. The molecule has 0 saturated carbocycles. The Balaban J connectivity index is 1.76. The summed E-state index contributed by atoms with van der Waals surface area (Å²) in [6.07, 6.45) is 1.62. The third-order valence-electron chi connectivity index (χ3n) is 4.26. The Morgan fingerprint density at radius 1 is 0.920 bits per heavy atom. The molecule has 2 aromatic carbocycles. The molecular formula is C20H23N5. The Labute approximate surface area is 148 Å². The summed E-state index contributed by atoms with van der Waals surface area (Å²) in [6, 6.07) is 14.4. The molecule has 0 amide bonds. The lowest BCUT2D eigenvalue weighted by molar-refractivity contribution is 0.867. The normalized spacial score (nSPS) is 10.8. The second kappa shape index (κ2) is 7.30. The van der Waals surface area contributed by atoms with Gasteiger partial charge in [-0.3, -0.25) is 0 Å². The van der Waals surface area contributed by atoms with Crippen molar-refractivity contribution in [1.29, 1.82) is 0 Å². The lowest BCUT2D eigenvalue weighted by atomic mass is 10.0. The molecular weight excluding hydrogens is 310 g/mol. The van der Waals surface area contributed by atoms with Crippen molar-refractivity contribution < 1.29 is 0 Å². The Hall–Kier alpha value is -2.95. The predicted molar refractivity (Wildman–Crippen MR) is 103 cm³/mol. The van der Waals surface area contributed by atoms with Gasteiger partial charge in [-0.05, 0) is 54.7 Å². The molecule has 3 rings (SSSR count). The van der Waals surface area contributed by atoms with Gasteiger partial charge in [0.25, 0.3) is 0 Å². The molecule has 0 atom stereocenters. The molecule has 0 aliphatic carbocycles. The van der Waals surface area contributed by atoms with Crippen LogP contribution in [-0.2, 0) is 0 Å². The Bertz CT molecular complexity index is 856. The molecule has 128 valence electrons. The van der Waals surface area contributed by atoms with Gasteiger partial charge < -0.3 is 10.6 Å². The number of hydrogen-bond acceptors (Lipinski definition) is 5. The quantitative estimate of drug-likeness (QED) is 0.680. The number of aromatic nitrogens is 3. The van der Waals surface area contributed by atoms with Crippen LogP contribution in [0, 0.1) is 13.8 Å². The van der Waals surface area contributed by atoms with E-state index in [4.69, 9.17) is 0 Å². The minimum atomic E-state index is 0.470. The fraction of sp³-hybridized carbons (Fsp3) is 0.250. The highest BCUT2D eigenvalue weighted by atomic mass is 15.3. The maximum absolute atomic E-state index is 4.50. The molecule has 0 fully saturated rings. The second-order valence-corrected chi connectivity index (χ2v) is 6.44. The number of rotatable bonds is 5. The van der Waals surface area contributed by atoms with Gasteiger partial charge in [0.05, 0.1) is 6.20 Å². The van der Waals surface area contributed by atoms with Crippen LogP contribution in [0.1, 0.15) is 36.5 Å². The number of nitrogens with zero attached hydrogens (tertiary/aromatic N) is 3. The van der Waals surface area contributed by atoms with Crippen LogP contribution in [0.15, 0.2) is 48.7 Å². The van der Waals surface area contributed by atoms with Crippen LogP contribution in [0.2, 0.25) is 0 Å². The van der Waals surface area contributed by atoms with E-state index in [1.807, 2.05) is 12.1 Å². The van der Waals surface area contributed by atoms with Crippen LogP contribution >= 0.6 is 0 Å². The van der Waals surface area contributed by atoms with Gasteiger partial charge in [0.15, 0.2) is 5.82 Å². The fourth-order valence-electron chi connectivity index (χ4n) is 2.52. The molecule has 0 aliphatic rings. The van der Waals surface area contributed by atoms with Crippen LogP contribution in [0.4, 0.5) is 23.1 Å². The summed E-state index contributed by atoms with van der Waals surface area (Å²) in [5.41, 5.74) is 5.66. The van der Waals surface area contributed by atoms with Crippen molar-refractivity contribution >= 4 is 23.1 Å². The first-order chi connectivity index (χ1) is 12.0. The van der Waals surface area contributed by atoms with E-state index in [0.717, 1.165) is 11.4 Å². The van der Waals surface area contributed by atoms with E-state index in [1.165, 1.54) is 16.7 Å². The minimum absolute atomic E-state index is 0.470. The maximum atomic E-state index is 4.50. The average Bonchev–Trinajstić information content (AvgIpc) is 2.60. The number of aryl methyl sites for hydroxylation is 1. The largest absolute Gasteiger partial charge is 0.339 e. The molecule has 0 radical (unpaired) electrons. The first-order valence-corrected chi connectivity index (χ1v) is 8.43. The third kappa shape index (κ3) is 4.12. The van der Waals surface area contributed by atoms with Crippen molar-refractivity contribution in [2.24, 2.45) is 0 Å². The van der Waals surface area contributed by atoms with Gasteiger partial charge in [0.1, 0.15) is 0 Å². The lowest BCUT2D eigenvalue weighted by Crippen LogP contribution is -2.03. The topological polar surface area (TPSA) is 62.7 Å². The number of benzene rings is 2. The Kier molecular flexibility index (Phi) is 4.93. The van der Waals surface area contributed by atoms with E-state index < -0.39 is 0 Å². The SMILES string of the molecule is Cc1cccc(Nc2nncc(Nc3ccc(C(C)C)cc3)n2)c1C. The van der Waals surface area contributed by atoms with Crippen LogP contribution < -0.4 is 10.6 Å². The fourth-order valence-corrected chi connectivity index (χ4v) is 2.52. The van der Waals surface area contributed by atoms with Crippen molar-refractivity contribution in [2.45, 2.75) is 33.6 Å². The molecule has 0 saturated heterocycles. The molecule has 0 unspecified atom stereocenters. The maximum Gasteiger partial charge on any atom is 0.249 e. The number of hydrogen-bond donors (Lipinski definition) is 2. The first-order valence-electron chi connectivity index (χ1n) is 8.43. The highest BCUT2D eigenvalue weighted by Crippen LogP contribution is 2.22. The number of nitrogens with one attached hydrogen (secondary N) is 2. The predicted octanol–water partition coefficient (Wildman–Crippen LogP) is 5.10. The molecule has 2 N–H and O–H groups in total. The molecule has 1 aromatic heterocycles. The van der Waals surface area contributed by atoms with E-state index in [-0.39, 0.29) is 0 Å². The molecule has 0 aliphatic heterocycles. The van der Waals surface area contributed by atoms with Gasteiger partial charge in [-0.15, -0.1) is 5.10 Å². The second-order valence-electron chi connectivity index (χ2n) is 6.44. The van der Waals surface area contributed by atoms with Crippen LogP contribution in [0.5, 0.6) is 0 Å². The Morgan fingerprint density at radius 2 is 1.68 bits per heavy atom. The summed E-state index contributed by atoms with van der Waals surface area (Å²) in [6.45, 7) is 8.52. The van der Waals surface area contributed by atoms with Crippen molar-refractivity contribution in [3.05, 3.63) is 65.4 Å². The van der Waals surface area contributed by atoms with Gasteiger partial charge >= 0.3 is 0 Å². The molecule has 1 heterocycles. The van der Waals surface area contributed by atoms with Gasteiger partial charge in [-0.25, -0.2) is 0 Å². The van der Waals surface area contributed by atoms with Crippen LogP contribution in [0.3, 0.4) is 0 Å². The standard InChI is InChI=1S/C20H23N5/c1-13(2)16-8-10-17(11-9-16)22-19-12-21-25-20(24-19)23-18-7-5-6-14(3)15(18)4/h5-13H,1-4H3,(H2,22,23,24,25). The smallest absolute Gasteiger partial charge is 0.249 e. The van der Waals surface area contributed by atoms with E-state index in [9.17, 15) is 0 Å². The van der Waals surface area contributed by atoms with E-state index in [2.05, 4.69) is 83.8 Å². The van der Waals surface area contributed by atoms with Crippen molar-refractivity contribution in [3.8, 4) is 0 Å². The van der Waals surface area contributed by atoms with Crippen molar-refractivity contribution in [1.82, 2.24) is 15.2 Å². The zero-order valence-electron chi connectivity index (χ0n) is 15.0. The third-order valence-corrected chi connectivity index (χ3v) is 4.26. The summed E-state index contributed by atoms with van der Waals surface area (Å²) in [4.78, 5) is 4.50. The van der Waals surface area contributed by atoms with Gasteiger partial charge in [0, 0.05) is 11.4 Å². The van der Waals surface area contributed by atoms with Crippen molar-refractivity contribution in [3.63, 3.8) is 0 Å². The van der Waals surface area contributed by atoms with E-state index >= 15 is 0 Å².